The normalized spacial score (nSPS) is 16.6. The molecule has 0 radical (unpaired) electrons. The van der Waals surface area contributed by atoms with Crippen molar-refractivity contribution in [3.8, 4) is 5.75 Å². The standard InChI is InChI=1S/C20H20N4OS/c1-25-17-7-5-16(6-8-17)10-14-23-19(24-13-3-11-22-24)9-12-21-20(23)18-4-2-15-26-18/h2-9,11-13,15,20H,10,14H2,1H3. The highest BCUT2D eigenvalue weighted by Gasteiger charge is 2.25. The summed E-state index contributed by atoms with van der Waals surface area (Å²) in [6, 6.07) is 14.4. The number of hydrogen-bond acceptors (Lipinski definition) is 5. The van der Waals surface area contributed by atoms with E-state index >= 15 is 0 Å². The third kappa shape index (κ3) is 3.41. The number of rotatable bonds is 6. The fourth-order valence-corrected chi connectivity index (χ4v) is 3.83. The van der Waals surface area contributed by atoms with E-state index in [1.54, 1.807) is 24.6 Å². The van der Waals surface area contributed by atoms with Crippen molar-refractivity contribution >= 4 is 23.4 Å². The Kier molecular flexibility index (Phi) is 4.84. The van der Waals surface area contributed by atoms with Gasteiger partial charge in [-0.3, -0.25) is 4.99 Å². The van der Waals surface area contributed by atoms with Gasteiger partial charge in [0, 0.05) is 30.0 Å². The molecular formula is C20H20N4OS. The average molecular weight is 364 g/mol. The summed E-state index contributed by atoms with van der Waals surface area (Å²) in [5, 5.41) is 6.51. The summed E-state index contributed by atoms with van der Waals surface area (Å²) >= 11 is 1.73. The van der Waals surface area contributed by atoms with Crippen molar-refractivity contribution < 1.29 is 4.74 Å². The Morgan fingerprint density at radius 3 is 2.73 bits per heavy atom. The molecule has 1 unspecified atom stereocenters. The smallest absolute Gasteiger partial charge is 0.157 e. The largest absolute Gasteiger partial charge is 0.497 e. The van der Waals surface area contributed by atoms with Crippen LogP contribution < -0.4 is 4.74 Å². The molecule has 0 saturated carbocycles. The molecule has 0 amide bonds. The van der Waals surface area contributed by atoms with Crippen molar-refractivity contribution in [2.24, 2.45) is 4.99 Å². The van der Waals surface area contributed by atoms with Crippen LogP contribution in [-0.2, 0) is 6.42 Å². The number of thiophene rings is 1. The zero-order chi connectivity index (χ0) is 17.8. The molecule has 132 valence electrons. The molecule has 1 aliphatic rings. The molecule has 5 nitrogen and oxygen atoms in total. The molecule has 3 heterocycles. The van der Waals surface area contributed by atoms with Crippen LogP contribution in [0.2, 0.25) is 0 Å². The van der Waals surface area contributed by atoms with E-state index < -0.39 is 0 Å². The van der Waals surface area contributed by atoms with Gasteiger partial charge in [0.2, 0.25) is 0 Å². The summed E-state index contributed by atoms with van der Waals surface area (Å²) in [7, 11) is 1.69. The molecule has 4 rings (SSSR count). The van der Waals surface area contributed by atoms with Crippen LogP contribution in [0, 0.1) is 0 Å². The molecule has 1 aromatic carbocycles. The topological polar surface area (TPSA) is 42.6 Å². The Labute approximate surface area is 156 Å². The first kappa shape index (κ1) is 16.6. The second-order valence-corrected chi connectivity index (χ2v) is 6.93. The van der Waals surface area contributed by atoms with Crippen LogP contribution in [-0.4, -0.2) is 34.5 Å². The maximum Gasteiger partial charge on any atom is 0.157 e. The van der Waals surface area contributed by atoms with Crippen LogP contribution in [0.25, 0.3) is 5.82 Å². The third-order valence-electron chi connectivity index (χ3n) is 4.38. The number of aromatic nitrogens is 2. The van der Waals surface area contributed by atoms with Gasteiger partial charge in [-0.2, -0.15) is 5.10 Å². The predicted molar refractivity (Wildman–Crippen MR) is 105 cm³/mol. The lowest BCUT2D eigenvalue weighted by molar-refractivity contribution is 0.293. The quantitative estimate of drug-likeness (QED) is 0.662. The van der Waals surface area contributed by atoms with Gasteiger partial charge in [-0.25, -0.2) is 4.68 Å². The van der Waals surface area contributed by atoms with Gasteiger partial charge < -0.3 is 9.64 Å². The number of hydrogen-bond donors (Lipinski definition) is 0. The van der Waals surface area contributed by atoms with Crippen LogP contribution in [0.1, 0.15) is 16.6 Å². The molecule has 0 fully saturated rings. The third-order valence-corrected chi connectivity index (χ3v) is 5.29. The first-order chi connectivity index (χ1) is 12.8. The van der Waals surface area contributed by atoms with Gasteiger partial charge in [-0.1, -0.05) is 18.2 Å². The van der Waals surface area contributed by atoms with Gasteiger partial charge in [-0.05, 0) is 47.7 Å². The highest BCUT2D eigenvalue weighted by Crippen LogP contribution is 2.33. The molecule has 0 N–H and O–H groups in total. The van der Waals surface area contributed by atoms with E-state index in [1.807, 2.05) is 41.4 Å². The van der Waals surface area contributed by atoms with Crippen molar-refractivity contribution in [2.75, 3.05) is 13.7 Å². The summed E-state index contributed by atoms with van der Waals surface area (Å²) in [6.07, 6.45) is 8.57. The van der Waals surface area contributed by atoms with Crippen molar-refractivity contribution in [1.29, 1.82) is 0 Å². The van der Waals surface area contributed by atoms with E-state index in [1.165, 1.54) is 10.4 Å². The number of aliphatic imine (C=N–C) groups is 1. The summed E-state index contributed by atoms with van der Waals surface area (Å²) in [6.45, 7) is 0.845. The van der Waals surface area contributed by atoms with Gasteiger partial charge in [0.05, 0.1) is 7.11 Å². The first-order valence-corrected chi connectivity index (χ1v) is 9.39. The van der Waals surface area contributed by atoms with Gasteiger partial charge in [0.1, 0.15) is 11.6 Å². The summed E-state index contributed by atoms with van der Waals surface area (Å²) in [5.74, 6) is 1.92. The van der Waals surface area contributed by atoms with E-state index in [4.69, 9.17) is 9.73 Å². The van der Waals surface area contributed by atoms with Crippen molar-refractivity contribution in [3.05, 3.63) is 76.8 Å². The molecule has 6 heteroatoms. The number of ether oxygens (including phenoxy) is 1. The van der Waals surface area contributed by atoms with Gasteiger partial charge in [0.15, 0.2) is 6.17 Å². The molecule has 0 aliphatic carbocycles. The lowest BCUT2D eigenvalue weighted by atomic mass is 10.1. The van der Waals surface area contributed by atoms with Crippen LogP contribution in [0.15, 0.2) is 71.3 Å². The van der Waals surface area contributed by atoms with Crippen LogP contribution in [0.3, 0.4) is 0 Å². The zero-order valence-corrected chi connectivity index (χ0v) is 15.3. The minimum absolute atomic E-state index is 0.0163. The van der Waals surface area contributed by atoms with Crippen LogP contribution in [0.5, 0.6) is 5.75 Å². The first-order valence-electron chi connectivity index (χ1n) is 8.51. The van der Waals surface area contributed by atoms with Gasteiger partial charge in [0.25, 0.3) is 0 Å². The second kappa shape index (κ2) is 7.58. The van der Waals surface area contributed by atoms with E-state index in [2.05, 4.69) is 39.6 Å². The van der Waals surface area contributed by atoms with E-state index in [0.717, 1.165) is 24.5 Å². The monoisotopic (exact) mass is 364 g/mol. The lowest BCUT2D eigenvalue weighted by Gasteiger charge is -2.34. The summed E-state index contributed by atoms with van der Waals surface area (Å²) in [5.41, 5.74) is 1.27. The molecular weight excluding hydrogens is 344 g/mol. The van der Waals surface area contributed by atoms with E-state index in [9.17, 15) is 0 Å². The molecule has 1 atom stereocenters. The fourth-order valence-electron chi connectivity index (χ4n) is 3.05. The zero-order valence-electron chi connectivity index (χ0n) is 14.5. The highest BCUT2D eigenvalue weighted by molar-refractivity contribution is 7.10. The number of benzene rings is 1. The number of methoxy groups -OCH3 is 1. The molecule has 0 bridgehead atoms. The number of nitrogens with zero attached hydrogens (tertiary/aromatic N) is 4. The summed E-state index contributed by atoms with van der Waals surface area (Å²) in [4.78, 5) is 8.27. The van der Waals surface area contributed by atoms with Crippen molar-refractivity contribution in [2.45, 2.75) is 12.6 Å². The Balaban J connectivity index is 1.58. The molecule has 0 saturated heterocycles. The maximum atomic E-state index is 5.25. The Morgan fingerprint density at radius 2 is 2.04 bits per heavy atom. The minimum atomic E-state index is -0.0163. The minimum Gasteiger partial charge on any atom is -0.497 e. The molecule has 2 aromatic heterocycles. The second-order valence-electron chi connectivity index (χ2n) is 5.95. The molecule has 0 spiro atoms. The maximum absolute atomic E-state index is 5.25. The van der Waals surface area contributed by atoms with Crippen LogP contribution >= 0.6 is 11.3 Å². The van der Waals surface area contributed by atoms with Crippen molar-refractivity contribution in [1.82, 2.24) is 14.7 Å². The molecule has 26 heavy (non-hydrogen) atoms. The van der Waals surface area contributed by atoms with E-state index in [-0.39, 0.29) is 6.17 Å². The Bertz CT molecular complexity index is 883. The van der Waals surface area contributed by atoms with Gasteiger partial charge >= 0.3 is 0 Å². The molecule has 1 aliphatic heterocycles. The average Bonchev–Trinajstić information content (AvgIpc) is 3.40. The molecule has 3 aromatic rings. The Morgan fingerprint density at radius 1 is 1.15 bits per heavy atom. The van der Waals surface area contributed by atoms with Crippen molar-refractivity contribution in [3.63, 3.8) is 0 Å². The SMILES string of the molecule is COc1ccc(CCN2C(n3cccn3)=CC=NC2c2cccs2)cc1. The predicted octanol–water partition coefficient (Wildman–Crippen LogP) is 4.08. The van der Waals surface area contributed by atoms with E-state index in [0.29, 0.717) is 0 Å². The highest BCUT2D eigenvalue weighted by atomic mass is 32.1. The van der Waals surface area contributed by atoms with Gasteiger partial charge in [-0.15, -0.1) is 11.3 Å². The lowest BCUT2D eigenvalue weighted by Crippen LogP contribution is -2.32. The van der Waals surface area contributed by atoms with Crippen LogP contribution in [0.4, 0.5) is 0 Å². The number of allylic oxidation sites excluding steroid dienone is 1. The fraction of sp³-hybridized carbons (Fsp3) is 0.200. The summed E-state index contributed by atoms with van der Waals surface area (Å²) < 4.78 is 7.15. The Hall–Kier alpha value is -2.86.